The van der Waals surface area contributed by atoms with Crippen molar-refractivity contribution in [3.63, 3.8) is 0 Å². The van der Waals surface area contributed by atoms with Crippen molar-refractivity contribution in [2.45, 2.75) is 13.1 Å². The Hall–Kier alpha value is -3.02. The molecule has 0 aliphatic heterocycles. The molecule has 0 bridgehead atoms. The van der Waals surface area contributed by atoms with Gasteiger partial charge in [0.05, 0.1) is 19.1 Å². The van der Waals surface area contributed by atoms with E-state index in [0.717, 1.165) is 16.8 Å². The van der Waals surface area contributed by atoms with Gasteiger partial charge in [-0.15, -0.1) is 0 Å². The van der Waals surface area contributed by atoms with Crippen LogP contribution in [0.3, 0.4) is 0 Å². The molecule has 2 aromatic heterocycles. The van der Waals surface area contributed by atoms with Crippen LogP contribution in [0.4, 0.5) is 10.5 Å². The molecule has 0 saturated carbocycles. The predicted octanol–water partition coefficient (Wildman–Crippen LogP) is 2.85. The van der Waals surface area contributed by atoms with Crippen LogP contribution in [0.2, 0.25) is 0 Å². The van der Waals surface area contributed by atoms with Crippen LogP contribution in [0, 0.1) is 0 Å². The summed E-state index contributed by atoms with van der Waals surface area (Å²) in [5.41, 5.74) is 2.67. The van der Waals surface area contributed by atoms with E-state index in [2.05, 4.69) is 15.7 Å². The molecule has 0 unspecified atom stereocenters. The van der Waals surface area contributed by atoms with Gasteiger partial charge in [0.1, 0.15) is 0 Å². The van der Waals surface area contributed by atoms with Crippen LogP contribution in [-0.2, 0) is 13.1 Å². The fraction of sp³-hybridized carbons (Fsp3) is 0.125. The van der Waals surface area contributed by atoms with Crippen molar-refractivity contribution in [2.75, 3.05) is 5.32 Å². The first-order chi connectivity index (χ1) is 10.8. The molecule has 112 valence electrons. The molecule has 2 N–H and O–H groups in total. The minimum atomic E-state index is -0.255. The van der Waals surface area contributed by atoms with E-state index in [0.29, 0.717) is 13.1 Å². The Kier molecular flexibility index (Phi) is 4.20. The topological polar surface area (TPSA) is 72.1 Å². The van der Waals surface area contributed by atoms with Crippen LogP contribution in [0.1, 0.15) is 11.1 Å². The smallest absolute Gasteiger partial charge is 0.319 e. The SMILES string of the molecule is O=C(NCc1ccoc1)Nc1ccccc1Cn1cccn1. The van der Waals surface area contributed by atoms with Gasteiger partial charge in [-0.25, -0.2) is 4.79 Å². The number of carbonyl (C=O) groups excluding carboxylic acids is 1. The molecule has 0 aliphatic rings. The number of para-hydroxylation sites is 1. The van der Waals surface area contributed by atoms with Crippen LogP contribution < -0.4 is 10.6 Å². The zero-order valence-corrected chi connectivity index (χ0v) is 11.9. The molecule has 3 rings (SSSR count). The van der Waals surface area contributed by atoms with Gasteiger partial charge in [-0.1, -0.05) is 18.2 Å². The summed E-state index contributed by atoms with van der Waals surface area (Å²) in [5, 5.41) is 9.83. The molecule has 1 aromatic carbocycles. The lowest BCUT2D eigenvalue weighted by Gasteiger charge is -2.11. The van der Waals surface area contributed by atoms with Gasteiger partial charge in [-0.2, -0.15) is 5.10 Å². The number of furan rings is 1. The average Bonchev–Trinajstić information content (AvgIpc) is 3.20. The molecule has 0 aliphatic carbocycles. The number of nitrogens with one attached hydrogen (secondary N) is 2. The molecule has 3 aromatic rings. The summed E-state index contributed by atoms with van der Waals surface area (Å²) >= 11 is 0. The van der Waals surface area contributed by atoms with E-state index in [1.54, 1.807) is 18.7 Å². The first-order valence-electron chi connectivity index (χ1n) is 6.92. The van der Waals surface area contributed by atoms with Gasteiger partial charge in [-0.05, 0) is 23.8 Å². The van der Waals surface area contributed by atoms with Crippen LogP contribution in [0.25, 0.3) is 0 Å². The summed E-state index contributed by atoms with van der Waals surface area (Å²) < 4.78 is 6.77. The highest BCUT2D eigenvalue weighted by molar-refractivity contribution is 5.90. The Balaban J connectivity index is 1.63. The summed E-state index contributed by atoms with van der Waals surface area (Å²) in [7, 11) is 0. The highest BCUT2D eigenvalue weighted by Gasteiger charge is 2.07. The summed E-state index contributed by atoms with van der Waals surface area (Å²) in [5.74, 6) is 0. The van der Waals surface area contributed by atoms with Crippen molar-refractivity contribution < 1.29 is 9.21 Å². The van der Waals surface area contributed by atoms with Gasteiger partial charge in [0, 0.05) is 30.2 Å². The van der Waals surface area contributed by atoms with Gasteiger partial charge in [0.15, 0.2) is 0 Å². The standard InChI is InChI=1S/C16H16N4O2/c21-16(17-10-13-6-9-22-12-13)19-15-5-2-1-4-14(15)11-20-8-3-7-18-20/h1-9,12H,10-11H2,(H2,17,19,21). The molecular formula is C16H16N4O2. The van der Waals surface area contributed by atoms with Crippen LogP contribution >= 0.6 is 0 Å². The largest absolute Gasteiger partial charge is 0.472 e. The Morgan fingerprint density at radius 1 is 1.23 bits per heavy atom. The molecule has 6 nitrogen and oxygen atoms in total. The lowest BCUT2D eigenvalue weighted by atomic mass is 10.2. The minimum absolute atomic E-state index is 0.255. The van der Waals surface area contributed by atoms with Crippen LogP contribution in [0.15, 0.2) is 65.7 Å². The highest BCUT2D eigenvalue weighted by atomic mass is 16.3. The second kappa shape index (κ2) is 6.62. The lowest BCUT2D eigenvalue weighted by Crippen LogP contribution is -2.28. The first-order valence-corrected chi connectivity index (χ1v) is 6.92. The number of urea groups is 1. The number of amides is 2. The summed E-state index contributed by atoms with van der Waals surface area (Å²) in [6.45, 7) is 1.02. The fourth-order valence-electron chi connectivity index (χ4n) is 2.09. The molecule has 0 saturated heterocycles. The summed E-state index contributed by atoms with van der Waals surface area (Å²) in [6, 6.07) is 11.1. The zero-order chi connectivity index (χ0) is 15.2. The highest BCUT2D eigenvalue weighted by Crippen LogP contribution is 2.16. The van der Waals surface area contributed by atoms with Crippen molar-refractivity contribution in [1.29, 1.82) is 0 Å². The first kappa shape index (κ1) is 13.9. The number of hydrogen-bond donors (Lipinski definition) is 2. The number of benzene rings is 1. The Morgan fingerprint density at radius 2 is 2.14 bits per heavy atom. The zero-order valence-electron chi connectivity index (χ0n) is 11.9. The average molecular weight is 296 g/mol. The van der Waals surface area contributed by atoms with Gasteiger partial charge < -0.3 is 15.1 Å². The van der Waals surface area contributed by atoms with E-state index in [-0.39, 0.29) is 6.03 Å². The molecule has 0 spiro atoms. The molecule has 2 heterocycles. The number of rotatable bonds is 5. The van der Waals surface area contributed by atoms with Crippen molar-refractivity contribution in [3.8, 4) is 0 Å². The number of anilines is 1. The summed E-state index contributed by atoms with van der Waals surface area (Å²) in [4.78, 5) is 12.0. The van der Waals surface area contributed by atoms with Crippen molar-refractivity contribution in [1.82, 2.24) is 15.1 Å². The number of hydrogen-bond acceptors (Lipinski definition) is 3. The van der Waals surface area contributed by atoms with E-state index in [1.165, 1.54) is 0 Å². The normalized spacial score (nSPS) is 10.4. The van der Waals surface area contributed by atoms with Crippen LogP contribution in [0.5, 0.6) is 0 Å². The number of nitrogens with zero attached hydrogens (tertiary/aromatic N) is 2. The molecule has 0 fully saturated rings. The van der Waals surface area contributed by atoms with Gasteiger partial charge in [0.25, 0.3) is 0 Å². The van der Waals surface area contributed by atoms with E-state index in [9.17, 15) is 4.79 Å². The van der Waals surface area contributed by atoms with Crippen molar-refractivity contribution >= 4 is 11.7 Å². The van der Waals surface area contributed by atoms with E-state index < -0.39 is 0 Å². The molecular weight excluding hydrogens is 280 g/mol. The quantitative estimate of drug-likeness (QED) is 0.760. The molecule has 0 radical (unpaired) electrons. The Morgan fingerprint density at radius 3 is 2.91 bits per heavy atom. The van der Waals surface area contributed by atoms with Crippen molar-refractivity contribution in [2.24, 2.45) is 0 Å². The fourth-order valence-corrected chi connectivity index (χ4v) is 2.09. The lowest BCUT2D eigenvalue weighted by molar-refractivity contribution is 0.251. The minimum Gasteiger partial charge on any atom is -0.472 e. The second-order valence-corrected chi connectivity index (χ2v) is 4.80. The molecule has 22 heavy (non-hydrogen) atoms. The van der Waals surface area contributed by atoms with Gasteiger partial charge >= 0.3 is 6.03 Å². The third-order valence-corrected chi connectivity index (χ3v) is 3.19. The number of carbonyl (C=O) groups is 1. The molecule has 2 amide bonds. The third-order valence-electron chi connectivity index (χ3n) is 3.19. The van der Waals surface area contributed by atoms with E-state index >= 15 is 0 Å². The van der Waals surface area contributed by atoms with E-state index in [1.807, 2.05) is 47.3 Å². The van der Waals surface area contributed by atoms with Crippen LogP contribution in [-0.4, -0.2) is 15.8 Å². The second-order valence-electron chi connectivity index (χ2n) is 4.80. The van der Waals surface area contributed by atoms with Gasteiger partial charge in [0.2, 0.25) is 0 Å². The van der Waals surface area contributed by atoms with E-state index in [4.69, 9.17) is 4.42 Å². The monoisotopic (exact) mass is 296 g/mol. The summed E-state index contributed by atoms with van der Waals surface area (Å²) in [6.07, 6.45) is 6.80. The molecule has 6 heteroatoms. The third kappa shape index (κ3) is 3.54. The predicted molar refractivity (Wildman–Crippen MR) is 82.3 cm³/mol. The Bertz CT molecular complexity index is 720. The Labute approximate surface area is 127 Å². The van der Waals surface area contributed by atoms with Gasteiger partial charge in [-0.3, -0.25) is 4.68 Å². The maximum absolute atomic E-state index is 12.0. The number of aromatic nitrogens is 2. The molecule has 0 atom stereocenters. The van der Waals surface area contributed by atoms with Crippen molar-refractivity contribution in [3.05, 3.63) is 72.4 Å². The maximum Gasteiger partial charge on any atom is 0.319 e. The maximum atomic E-state index is 12.0.